The molecular formula is C19H25N7OS. The fourth-order valence-electron chi connectivity index (χ4n) is 3.27. The Morgan fingerprint density at radius 3 is 2.68 bits per heavy atom. The minimum Gasteiger partial charge on any atom is -0.351 e. The van der Waals surface area contributed by atoms with Gasteiger partial charge < -0.3 is 9.80 Å². The van der Waals surface area contributed by atoms with Crippen LogP contribution in [-0.2, 0) is 16.6 Å². The molecule has 1 aliphatic rings. The predicted molar refractivity (Wildman–Crippen MR) is 109 cm³/mol. The average molecular weight is 400 g/mol. The average Bonchev–Trinajstić information content (AvgIpc) is 3.18. The van der Waals surface area contributed by atoms with Crippen molar-refractivity contribution in [1.29, 1.82) is 0 Å². The summed E-state index contributed by atoms with van der Waals surface area (Å²) in [5.41, 5.74) is 0.613. The van der Waals surface area contributed by atoms with Crippen molar-refractivity contribution in [2.75, 3.05) is 25.0 Å². The quantitative estimate of drug-likeness (QED) is 0.668. The molecule has 1 saturated heterocycles. The van der Waals surface area contributed by atoms with E-state index in [2.05, 4.69) is 40.9 Å². The summed E-state index contributed by atoms with van der Waals surface area (Å²) in [5, 5.41) is 14.2. The maximum atomic E-state index is 12.5. The number of rotatable bonds is 4. The van der Waals surface area contributed by atoms with Crippen LogP contribution in [0.2, 0.25) is 0 Å². The normalized spacial score (nSPS) is 15.1. The van der Waals surface area contributed by atoms with Crippen molar-refractivity contribution in [2.24, 2.45) is 0 Å². The first-order chi connectivity index (χ1) is 13.2. The minimum absolute atomic E-state index is 0.130. The molecule has 1 aliphatic heterocycles. The predicted octanol–water partition coefficient (Wildman–Crippen LogP) is 2.08. The Morgan fingerprint density at radius 1 is 1.29 bits per heavy atom. The van der Waals surface area contributed by atoms with Crippen molar-refractivity contribution in [1.82, 2.24) is 29.7 Å². The molecule has 0 radical (unpaired) electrons. The SMILES string of the molecule is Cc1ncc(CC(=O)N(C)C2CN(c3ccc4nnc(C(C)(C)C)n4n3)C2)s1. The first kappa shape index (κ1) is 18.8. The van der Waals surface area contributed by atoms with E-state index < -0.39 is 0 Å². The van der Waals surface area contributed by atoms with E-state index in [1.807, 2.05) is 35.5 Å². The molecule has 148 valence electrons. The summed E-state index contributed by atoms with van der Waals surface area (Å²) in [7, 11) is 1.88. The van der Waals surface area contributed by atoms with Crippen molar-refractivity contribution in [3.8, 4) is 0 Å². The van der Waals surface area contributed by atoms with E-state index in [-0.39, 0.29) is 17.4 Å². The molecule has 3 aromatic heterocycles. The van der Waals surface area contributed by atoms with Crippen molar-refractivity contribution in [2.45, 2.75) is 45.6 Å². The highest BCUT2D eigenvalue weighted by molar-refractivity contribution is 7.11. The molecule has 0 spiro atoms. The van der Waals surface area contributed by atoms with Crippen LogP contribution in [-0.4, -0.2) is 61.8 Å². The van der Waals surface area contributed by atoms with Gasteiger partial charge in [0.05, 0.1) is 17.5 Å². The number of carbonyl (C=O) groups is 1. The van der Waals surface area contributed by atoms with Crippen molar-refractivity contribution < 1.29 is 4.79 Å². The van der Waals surface area contributed by atoms with E-state index in [4.69, 9.17) is 5.10 Å². The highest BCUT2D eigenvalue weighted by atomic mass is 32.1. The fraction of sp³-hybridized carbons (Fsp3) is 0.526. The molecule has 0 aliphatic carbocycles. The Morgan fingerprint density at radius 2 is 2.04 bits per heavy atom. The summed E-state index contributed by atoms with van der Waals surface area (Å²) in [6.45, 7) is 9.80. The largest absolute Gasteiger partial charge is 0.351 e. The van der Waals surface area contributed by atoms with E-state index in [1.54, 1.807) is 17.5 Å². The van der Waals surface area contributed by atoms with Gasteiger partial charge in [0.25, 0.3) is 0 Å². The van der Waals surface area contributed by atoms with Gasteiger partial charge in [-0.15, -0.1) is 26.6 Å². The summed E-state index contributed by atoms with van der Waals surface area (Å²) in [6.07, 6.45) is 2.21. The first-order valence-electron chi connectivity index (χ1n) is 9.37. The Balaban J connectivity index is 1.42. The number of amides is 1. The molecule has 28 heavy (non-hydrogen) atoms. The molecule has 1 fully saturated rings. The number of likely N-dealkylation sites (N-methyl/N-ethyl adjacent to an activating group) is 1. The highest BCUT2D eigenvalue weighted by Gasteiger charge is 2.34. The smallest absolute Gasteiger partial charge is 0.228 e. The van der Waals surface area contributed by atoms with E-state index in [1.165, 1.54) is 0 Å². The molecule has 8 nitrogen and oxygen atoms in total. The molecule has 0 unspecified atom stereocenters. The summed E-state index contributed by atoms with van der Waals surface area (Å²) < 4.78 is 1.82. The lowest BCUT2D eigenvalue weighted by molar-refractivity contribution is -0.131. The Hall–Kier alpha value is -2.55. The van der Waals surface area contributed by atoms with Gasteiger partial charge in [-0.1, -0.05) is 20.8 Å². The summed E-state index contributed by atoms with van der Waals surface area (Å²) in [6, 6.07) is 4.11. The van der Waals surface area contributed by atoms with Gasteiger partial charge in [-0.25, -0.2) is 4.98 Å². The molecule has 4 rings (SSSR count). The van der Waals surface area contributed by atoms with E-state index in [0.29, 0.717) is 6.42 Å². The Bertz CT molecular complexity index is 1010. The van der Waals surface area contributed by atoms with E-state index in [0.717, 1.165) is 40.3 Å². The van der Waals surface area contributed by atoms with Gasteiger partial charge in [0.15, 0.2) is 11.5 Å². The van der Waals surface area contributed by atoms with Gasteiger partial charge in [-0.2, -0.15) is 4.52 Å². The molecule has 0 atom stereocenters. The maximum Gasteiger partial charge on any atom is 0.228 e. The van der Waals surface area contributed by atoms with Crippen LogP contribution in [0.1, 0.15) is 36.5 Å². The lowest BCUT2D eigenvalue weighted by Gasteiger charge is -2.44. The number of anilines is 1. The number of hydrogen-bond acceptors (Lipinski definition) is 7. The van der Waals surface area contributed by atoms with Crippen LogP contribution in [0.4, 0.5) is 5.82 Å². The number of aryl methyl sites for hydroxylation is 1. The second-order valence-electron chi connectivity index (χ2n) is 8.32. The van der Waals surface area contributed by atoms with Crippen molar-refractivity contribution in [3.05, 3.63) is 34.0 Å². The molecule has 0 N–H and O–H groups in total. The monoisotopic (exact) mass is 399 g/mol. The topological polar surface area (TPSA) is 79.5 Å². The van der Waals surface area contributed by atoms with E-state index >= 15 is 0 Å². The second-order valence-corrected chi connectivity index (χ2v) is 9.64. The second kappa shape index (κ2) is 6.80. The summed E-state index contributed by atoms with van der Waals surface area (Å²) >= 11 is 1.58. The number of fused-ring (bicyclic) bond motifs is 1. The zero-order valence-electron chi connectivity index (χ0n) is 16.9. The Labute approximate surface area is 168 Å². The number of nitrogens with zero attached hydrogens (tertiary/aromatic N) is 7. The van der Waals surface area contributed by atoms with Gasteiger partial charge in [-0.05, 0) is 19.1 Å². The lowest BCUT2D eigenvalue weighted by atomic mass is 9.96. The number of carbonyl (C=O) groups excluding carboxylic acids is 1. The molecule has 0 aromatic carbocycles. The number of hydrogen-bond donors (Lipinski definition) is 0. The third-order valence-electron chi connectivity index (χ3n) is 5.04. The van der Waals surface area contributed by atoms with Gasteiger partial charge in [0, 0.05) is 36.6 Å². The number of thiazole rings is 1. The van der Waals surface area contributed by atoms with Crippen LogP contribution >= 0.6 is 11.3 Å². The zero-order chi connectivity index (χ0) is 20.1. The first-order valence-corrected chi connectivity index (χ1v) is 10.2. The van der Waals surface area contributed by atoms with Gasteiger partial charge >= 0.3 is 0 Å². The molecule has 3 aromatic rings. The van der Waals surface area contributed by atoms with Gasteiger partial charge in [-0.3, -0.25) is 4.79 Å². The van der Waals surface area contributed by atoms with Crippen LogP contribution in [0.15, 0.2) is 18.3 Å². The summed E-state index contributed by atoms with van der Waals surface area (Å²) in [5.74, 6) is 1.85. The molecule has 4 heterocycles. The number of aromatic nitrogens is 5. The highest BCUT2D eigenvalue weighted by Crippen LogP contribution is 2.25. The van der Waals surface area contributed by atoms with Gasteiger partial charge in [0.1, 0.15) is 5.82 Å². The molecule has 1 amide bonds. The van der Waals surface area contributed by atoms with Crippen molar-refractivity contribution in [3.63, 3.8) is 0 Å². The van der Waals surface area contributed by atoms with Crippen LogP contribution < -0.4 is 4.90 Å². The Kier molecular flexibility index (Phi) is 4.57. The molecule has 0 bridgehead atoms. The summed E-state index contributed by atoms with van der Waals surface area (Å²) in [4.78, 5) is 21.8. The molecule has 0 saturated carbocycles. The van der Waals surface area contributed by atoms with E-state index in [9.17, 15) is 4.79 Å². The molecule has 9 heteroatoms. The van der Waals surface area contributed by atoms with Crippen LogP contribution in [0.25, 0.3) is 5.65 Å². The lowest BCUT2D eigenvalue weighted by Crippen LogP contribution is -2.60. The fourth-order valence-corrected chi connectivity index (χ4v) is 4.05. The minimum atomic E-state index is -0.135. The van der Waals surface area contributed by atoms with Gasteiger partial charge in [0.2, 0.25) is 5.91 Å². The maximum absolute atomic E-state index is 12.5. The molecular weight excluding hydrogens is 374 g/mol. The third kappa shape index (κ3) is 3.46. The standard InChI is InChI=1S/C19H25N7OS/c1-12-20-9-14(28-12)8-17(27)24(5)13-10-25(11-13)16-7-6-15-21-22-18(19(2,3)4)26(15)23-16/h6-7,9,13H,8,10-11H2,1-5H3. The zero-order valence-corrected chi connectivity index (χ0v) is 17.7. The van der Waals surface area contributed by atoms with Crippen LogP contribution in [0.5, 0.6) is 0 Å². The van der Waals surface area contributed by atoms with Crippen LogP contribution in [0, 0.1) is 6.92 Å². The van der Waals surface area contributed by atoms with Crippen molar-refractivity contribution >= 4 is 28.7 Å². The van der Waals surface area contributed by atoms with Crippen LogP contribution in [0.3, 0.4) is 0 Å². The third-order valence-corrected chi connectivity index (χ3v) is 5.95.